The summed E-state index contributed by atoms with van der Waals surface area (Å²) in [6.07, 6.45) is 2.98. The van der Waals surface area contributed by atoms with Crippen LogP contribution in [-0.4, -0.2) is 43.9 Å². The number of imidazole rings is 1. The Balaban J connectivity index is 0.000000587. The highest BCUT2D eigenvalue weighted by Crippen LogP contribution is 2.27. The summed E-state index contributed by atoms with van der Waals surface area (Å²) in [7, 11) is 0. The lowest BCUT2D eigenvalue weighted by molar-refractivity contribution is -0.192. The molecular formula is C29H31F3N4O4S. The molecule has 2 heterocycles. The second-order valence-electron chi connectivity index (χ2n) is 9.23. The van der Waals surface area contributed by atoms with E-state index in [0.717, 1.165) is 40.9 Å². The van der Waals surface area contributed by atoms with Crippen molar-refractivity contribution in [2.24, 2.45) is 0 Å². The maximum Gasteiger partial charge on any atom is 0.490 e. The van der Waals surface area contributed by atoms with E-state index in [1.807, 2.05) is 24.4 Å². The highest BCUT2D eigenvalue weighted by atomic mass is 32.1. The number of thiazole rings is 1. The van der Waals surface area contributed by atoms with Gasteiger partial charge in [0.2, 0.25) is 5.91 Å². The Morgan fingerprint density at radius 1 is 1.05 bits per heavy atom. The number of rotatable bonds is 12. The van der Waals surface area contributed by atoms with Crippen LogP contribution in [0.25, 0.3) is 22.0 Å². The van der Waals surface area contributed by atoms with Gasteiger partial charge in [-0.3, -0.25) is 9.59 Å². The van der Waals surface area contributed by atoms with Gasteiger partial charge in [-0.15, -0.1) is 11.3 Å². The number of Topliss-reactive ketones (excluding diaryl/α,β-unsaturated/α-hetero) is 1. The number of nitrogens with one attached hydrogen (secondary N) is 2. The van der Waals surface area contributed by atoms with Crippen molar-refractivity contribution >= 4 is 39.8 Å². The van der Waals surface area contributed by atoms with Crippen LogP contribution in [0.3, 0.4) is 0 Å². The molecule has 0 spiro atoms. The molecule has 1 atom stereocenters. The first-order chi connectivity index (χ1) is 19.6. The van der Waals surface area contributed by atoms with E-state index in [1.54, 1.807) is 12.4 Å². The molecule has 8 nitrogen and oxygen atoms in total. The summed E-state index contributed by atoms with van der Waals surface area (Å²) >= 11 is 1.52. The van der Waals surface area contributed by atoms with Crippen LogP contribution >= 0.6 is 11.3 Å². The first kappa shape index (κ1) is 31.5. The zero-order valence-electron chi connectivity index (χ0n) is 22.4. The molecule has 4 rings (SSSR count). The quantitative estimate of drug-likeness (QED) is 0.159. The van der Waals surface area contributed by atoms with E-state index in [1.165, 1.54) is 16.7 Å². The fourth-order valence-electron chi connectivity index (χ4n) is 4.06. The van der Waals surface area contributed by atoms with Crippen LogP contribution in [0.2, 0.25) is 0 Å². The summed E-state index contributed by atoms with van der Waals surface area (Å²) in [5, 5.41) is 15.3. The fourth-order valence-corrected chi connectivity index (χ4v) is 4.62. The van der Waals surface area contributed by atoms with Gasteiger partial charge in [-0.05, 0) is 29.7 Å². The molecule has 2 aromatic heterocycles. The number of benzene rings is 2. The van der Waals surface area contributed by atoms with Crippen molar-refractivity contribution in [2.45, 2.75) is 64.1 Å². The van der Waals surface area contributed by atoms with Gasteiger partial charge >= 0.3 is 12.1 Å². The molecule has 2 aromatic carbocycles. The molecule has 41 heavy (non-hydrogen) atoms. The number of alkyl halides is 3. The molecule has 0 aliphatic heterocycles. The van der Waals surface area contributed by atoms with E-state index in [9.17, 15) is 22.8 Å². The lowest BCUT2D eigenvalue weighted by Crippen LogP contribution is -2.29. The highest BCUT2D eigenvalue weighted by molar-refractivity contribution is 7.09. The van der Waals surface area contributed by atoms with Gasteiger partial charge in [0.05, 0.1) is 24.4 Å². The van der Waals surface area contributed by atoms with Gasteiger partial charge in [0.1, 0.15) is 16.6 Å². The van der Waals surface area contributed by atoms with Crippen molar-refractivity contribution in [1.29, 1.82) is 0 Å². The number of ketones is 1. The minimum absolute atomic E-state index is 0.0563. The van der Waals surface area contributed by atoms with Crippen LogP contribution in [0.5, 0.6) is 0 Å². The number of carboxylic acid groups (broad SMARTS) is 1. The van der Waals surface area contributed by atoms with Crippen LogP contribution < -0.4 is 5.32 Å². The van der Waals surface area contributed by atoms with Gasteiger partial charge < -0.3 is 15.4 Å². The van der Waals surface area contributed by atoms with Crippen molar-refractivity contribution in [1.82, 2.24) is 20.3 Å². The summed E-state index contributed by atoms with van der Waals surface area (Å²) in [5.74, 6) is -2.23. The number of nitrogens with zero attached hydrogens (tertiary/aromatic N) is 2. The van der Waals surface area contributed by atoms with Gasteiger partial charge in [0, 0.05) is 30.0 Å². The SMILES string of the molecule is CCC(=O)CCCCCC(C(=O)NCc1nccs1)c1ncc(-c2ccc3ccccc3c2)[nH]1.O=C(O)C(F)(F)F. The molecule has 0 aliphatic rings. The zero-order chi connectivity index (χ0) is 29.8. The first-order valence-corrected chi connectivity index (χ1v) is 14.0. The number of carboxylic acids is 1. The number of amides is 1. The molecule has 0 aliphatic carbocycles. The van der Waals surface area contributed by atoms with E-state index in [4.69, 9.17) is 9.90 Å². The number of hydrogen-bond acceptors (Lipinski definition) is 6. The van der Waals surface area contributed by atoms with Crippen molar-refractivity contribution in [3.05, 3.63) is 71.1 Å². The lowest BCUT2D eigenvalue weighted by atomic mass is 9.98. The number of halogens is 3. The Labute approximate surface area is 239 Å². The zero-order valence-corrected chi connectivity index (χ0v) is 23.2. The Morgan fingerprint density at radius 2 is 1.78 bits per heavy atom. The summed E-state index contributed by atoms with van der Waals surface area (Å²) < 4.78 is 31.7. The predicted molar refractivity (Wildman–Crippen MR) is 150 cm³/mol. The van der Waals surface area contributed by atoms with Crippen LogP contribution in [0.4, 0.5) is 13.2 Å². The molecule has 0 radical (unpaired) electrons. The number of aliphatic carboxylic acids is 1. The Hall–Kier alpha value is -4.06. The third kappa shape index (κ3) is 9.82. The smallest absolute Gasteiger partial charge is 0.475 e. The van der Waals surface area contributed by atoms with Crippen LogP contribution in [-0.2, 0) is 20.9 Å². The second-order valence-corrected chi connectivity index (χ2v) is 10.2. The van der Waals surface area contributed by atoms with Crippen molar-refractivity contribution in [2.75, 3.05) is 0 Å². The Kier molecular flexibility index (Phi) is 11.6. The minimum Gasteiger partial charge on any atom is -0.475 e. The highest BCUT2D eigenvalue weighted by Gasteiger charge is 2.38. The van der Waals surface area contributed by atoms with Gasteiger partial charge in [-0.2, -0.15) is 13.2 Å². The first-order valence-electron chi connectivity index (χ1n) is 13.1. The molecular weight excluding hydrogens is 557 g/mol. The maximum atomic E-state index is 13.1. The van der Waals surface area contributed by atoms with Crippen molar-refractivity contribution < 1.29 is 32.7 Å². The van der Waals surface area contributed by atoms with Crippen LogP contribution in [0.15, 0.2) is 60.2 Å². The Bertz CT molecular complexity index is 1440. The number of aromatic nitrogens is 3. The second kappa shape index (κ2) is 15.1. The molecule has 4 aromatic rings. The monoisotopic (exact) mass is 588 g/mol. The third-order valence-electron chi connectivity index (χ3n) is 6.29. The number of fused-ring (bicyclic) bond motifs is 1. The molecule has 3 N–H and O–H groups in total. The third-order valence-corrected chi connectivity index (χ3v) is 7.06. The summed E-state index contributed by atoms with van der Waals surface area (Å²) in [4.78, 5) is 45.8. The summed E-state index contributed by atoms with van der Waals surface area (Å²) in [5.41, 5.74) is 1.93. The molecule has 218 valence electrons. The number of carbonyl (C=O) groups excluding carboxylic acids is 2. The van der Waals surface area contributed by atoms with E-state index in [0.29, 0.717) is 37.4 Å². The predicted octanol–water partition coefficient (Wildman–Crippen LogP) is 6.65. The van der Waals surface area contributed by atoms with Gasteiger partial charge in [0.25, 0.3) is 0 Å². The molecule has 0 bridgehead atoms. The summed E-state index contributed by atoms with van der Waals surface area (Å²) in [6.45, 7) is 2.31. The average Bonchev–Trinajstić information content (AvgIpc) is 3.66. The molecule has 0 fully saturated rings. The maximum absolute atomic E-state index is 13.1. The van der Waals surface area contributed by atoms with Gasteiger partial charge in [-0.1, -0.05) is 56.2 Å². The van der Waals surface area contributed by atoms with Crippen molar-refractivity contribution in [3.8, 4) is 11.3 Å². The van der Waals surface area contributed by atoms with Crippen molar-refractivity contribution in [3.63, 3.8) is 0 Å². The minimum atomic E-state index is -5.08. The standard InChI is InChI=1S/C27H30N4O2S.C2HF3O2/c1-2-22(32)10-4-3-5-11-23(27(33)30-18-25-28-14-15-34-25)26-29-17-24(31-26)21-13-12-19-8-6-7-9-20(19)16-21;3-2(4,5)1(6)7/h6-9,12-17,23H,2-5,10-11,18H2,1H3,(H,29,31)(H,30,33);(H,6,7). The molecule has 0 saturated heterocycles. The molecule has 1 amide bonds. The average molecular weight is 589 g/mol. The van der Waals surface area contributed by atoms with Gasteiger partial charge in [-0.25, -0.2) is 14.8 Å². The van der Waals surface area contributed by atoms with E-state index < -0.39 is 12.1 Å². The largest absolute Gasteiger partial charge is 0.490 e. The number of hydrogen-bond donors (Lipinski definition) is 3. The normalized spacial score (nSPS) is 11.9. The number of unbranched alkanes of at least 4 members (excludes halogenated alkanes) is 2. The molecule has 0 saturated carbocycles. The van der Waals surface area contributed by atoms with Gasteiger partial charge in [0.15, 0.2) is 0 Å². The van der Waals surface area contributed by atoms with E-state index in [-0.39, 0.29) is 11.8 Å². The topological polar surface area (TPSA) is 125 Å². The fraction of sp³-hybridized carbons (Fsp3) is 0.345. The molecule has 1 unspecified atom stereocenters. The number of carbonyl (C=O) groups is 3. The van der Waals surface area contributed by atoms with Crippen LogP contribution in [0.1, 0.15) is 62.2 Å². The number of H-pyrrole nitrogens is 1. The Morgan fingerprint density at radius 3 is 2.44 bits per heavy atom. The van der Waals surface area contributed by atoms with E-state index >= 15 is 0 Å². The lowest BCUT2D eigenvalue weighted by Gasteiger charge is -2.14. The molecule has 12 heteroatoms. The summed E-state index contributed by atoms with van der Waals surface area (Å²) in [6, 6.07) is 14.5. The van der Waals surface area contributed by atoms with E-state index in [2.05, 4.69) is 50.6 Å². The van der Waals surface area contributed by atoms with Crippen LogP contribution in [0, 0.1) is 0 Å². The number of aromatic amines is 1.